The highest BCUT2D eigenvalue weighted by Gasteiger charge is 2.79. The standard InChI is InChI=1S/C20H33N3O5/c1-5-6-7-8-22-17(26)15-20-11-12(2)19(3,28-20)13(16(25)21-4)14(20)18(27)23(15)9-10-24/h12-15,24H,5-11H2,1-4H3,(H,21,25)(H,22,26)/t12?,13-,14+,15?,19+,20?/m1/s1. The van der Waals surface area contributed by atoms with E-state index in [4.69, 9.17) is 4.74 Å². The number of carbonyl (C=O) groups excluding carboxylic acids is 3. The second kappa shape index (κ2) is 7.63. The van der Waals surface area contributed by atoms with E-state index in [1.165, 1.54) is 4.90 Å². The third-order valence-corrected chi connectivity index (χ3v) is 7.01. The van der Waals surface area contributed by atoms with Gasteiger partial charge in [-0.05, 0) is 25.7 Å². The average molecular weight is 396 g/mol. The maximum absolute atomic E-state index is 13.3. The molecule has 0 aromatic carbocycles. The molecule has 8 nitrogen and oxygen atoms in total. The molecular formula is C20H33N3O5. The van der Waals surface area contributed by atoms with Gasteiger partial charge in [0.1, 0.15) is 11.6 Å². The van der Waals surface area contributed by atoms with Crippen molar-refractivity contribution in [2.24, 2.45) is 17.8 Å². The Bertz CT molecular complexity index is 656. The summed E-state index contributed by atoms with van der Waals surface area (Å²) in [5.74, 6) is -2.08. The van der Waals surface area contributed by atoms with Crippen LogP contribution in [0.3, 0.4) is 0 Å². The molecular weight excluding hydrogens is 362 g/mol. The van der Waals surface area contributed by atoms with Crippen molar-refractivity contribution in [3.05, 3.63) is 0 Å². The van der Waals surface area contributed by atoms with E-state index in [1.54, 1.807) is 7.05 Å². The number of nitrogens with one attached hydrogen (secondary N) is 2. The summed E-state index contributed by atoms with van der Waals surface area (Å²) < 4.78 is 6.46. The molecule has 3 unspecified atom stereocenters. The summed E-state index contributed by atoms with van der Waals surface area (Å²) in [4.78, 5) is 40.6. The van der Waals surface area contributed by atoms with E-state index in [1.807, 2.05) is 13.8 Å². The van der Waals surface area contributed by atoms with Crippen LogP contribution in [0.5, 0.6) is 0 Å². The molecule has 2 bridgehead atoms. The molecule has 8 heteroatoms. The predicted molar refractivity (Wildman–Crippen MR) is 102 cm³/mol. The number of unbranched alkanes of at least 4 members (excludes halogenated alkanes) is 2. The second-order valence-electron chi connectivity index (χ2n) is 8.57. The lowest BCUT2D eigenvalue weighted by atomic mass is 9.62. The second-order valence-corrected chi connectivity index (χ2v) is 8.57. The number of hydrogen-bond acceptors (Lipinski definition) is 5. The molecule has 3 saturated heterocycles. The fraction of sp³-hybridized carbons (Fsp3) is 0.850. The number of aliphatic hydroxyl groups is 1. The number of carbonyl (C=O) groups is 3. The molecule has 3 aliphatic heterocycles. The van der Waals surface area contributed by atoms with Crippen LogP contribution in [-0.2, 0) is 19.1 Å². The Kier molecular flexibility index (Phi) is 5.74. The number of ether oxygens (including phenoxy) is 1. The number of aliphatic hydroxyl groups excluding tert-OH is 1. The van der Waals surface area contributed by atoms with Gasteiger partial charge in [-0.2, -0.15) is 0 Å². The minimum absolute atomic E-state index is 0.0308. The van der Waals surface area contributed by atoms with Crippen LogP contribution in [0.4, 0.5) is 0 Å². The maximum atomic E-state index is 13.3. The van der Waals surface area contributed by atoms with E-state index >= 15 is 0 Å². The van der Waals surface area contributed by atoms with Gasteiger partial charge in [0.15, 0.2) is 0 Å². The van der Waals surface area contributed by atoms with Crippen molar-refractivity contribution in [3.63, 3.8) is 0 Å². The van der Waals surface area contributed by atoms with Crippen LogP contribution in [0, 0.1) is 17.8 Å². The molecule has 3 N–H and O–H groups in total. The van der Waals surface area contributed by atoms with E-state index in [9.17, 15) is 19.5 Å². The Labute approximate surface area is 166 Å². The third-order valence-electron chi connectivity index (χ3n) is 7.01. The van der Waals surface area contributed by atoms with Crippen LogP contribution < -0.4 is 10.6 Å². The Morgan fingerprint density at radius 3 is 2.64 bits per heavy atom. The smallest absolute Gasteiger partial charge is 0.245 e. The monoisotopic (exact) mass is 395 g/mol. The molecule has 0 aromatic rings. The Morgan fingerprint density at radius 2 is 2.04 bits per heavy atom. The molecule has 3 aliphatic rings. The minimum Gasteiger partial charge on any atom is -0.395 e. The first-order valence-electron chi connectivity index (χ1n) is 10.4. The zero-order chi connectivity index (χ0) is 20.7. The summed E-state index contributed by atoms with van der Waals surface area (Å²) in [6, 6.07) is -0.822. The average Bonchev–Trinajstić information content (AvgIpc) is 3.16. The first-order chi connectivity index (χ1) is 13.3. The van der Waals surface area contributed by atoms with Gasteiger partial charge in [0.2, 0.25) is 17.7 Å². The highest BCUT2D eigenvalue weighted by atomic mass is 16.5. The van der Waals surface area contributed by atoms with E-state index in [-0.39, 0.29) is 36.8 Å². The Balaban J connectivity index is 1.96. The lowest BCUT2D eigenvalue weighted by Crippen LogP contribution is -2.56. The van der Waals surface area contributed by atoms with E-state index < -0.39 is 29.1 Å². The van der Waals surface area contributed by atoms with Crippen molar-refractivity contribution in [2.75, 3.05) is 26.7 Å². The largest absolute Gasteiger partial charge is 0.395 e. The molecule has 3 fully saturated rings. The van der Waals surface area contributed by atoms with Gasteiger partial charge in [-0.3, -0.25) is 14.4 Å². The van der Waals surface area contributed by atoms with Crippen molar-refractivity contribution in [1.29, 1.82) is 0 Å². The highest BCUT2D eigenvalue weighted by molar-refractivity contribution is 5.99. The normalized spacial score (nSPS) is 38.6. The molecule has 0 saturated carbocycles. The van der Waals surface area contributed by atoms with Crippen LogP contribution in [0.1, 0.15) is 46.5 Å². The third kappa shape index (κ3) is 2.84. The van der Waals surface area contributed by atoms with Gasteiger partial charge in [-0.1, -0.05) is 26.7 Å². The summed E-state index contributed by atoms with van der Waals surface area (Å²) in [6.45, 7) is 6.33. The lowest BCUT2D eigenvalue weighted by molar-refractivity contribution is -0.147. The minimum atomic E-state index is -1.02. The van der Waals surface area contributed by atoms with Crippen LogP contribution in [0.15, 0.2) is 0 Å². The number of likely N-dealkylation sites (tertiary alicyclic amines) is 1. The molecule has 0 radical (unpaired) electrons. The number of amides is 3. The van der Waals surface area contributed by atoms with Crippen LogP contribution in [0.25, 0.3) is 0 Å². The number of hydrogen-bond donors (Lipinski definition) is 3. The topological polar surface area (TPSA) is 108 Å². The molecule has 0 aliphatic carbocycles. The highest BCUT2D eigenvalue weighted by Crippen LogP contribution is 2.65. The zero-order valence-electron chi connectivity index (χ0n) is 17.3. The van der Waals surface area contributed by atoms with Crippen molar-refractivity contribution >= 4 is 17.7 Å². The van der Waals surface area contributed by atoms with Gasteiger partial charge < -0.3 is 25.4 Å². The predicted octanol–water partition coefficient (Wildman–Crippen LogP) is 0.0418. The van der Waals surface area contributed by atoms with Gasteiger partial charge in [-0.25, -0.2) is 0 Å². The molecule has 28 heavy (non-hydrogen) atoms. The van der Waals surface area contributed by atoms with Crippen molar-refractivity contribution < 1.29 is 24.2 Å². The fourth-order valence-electron chi connectivity index (χ4n) is 5.63. The summed E-state index contributed by atoms with van der Waals surface area (Å²) in [5, 5.41) is 15.1. The van der Waals surface area contributed by atoms with Gasteiger partial charge in [-0.15, -0.1) is 0 Å². The molecule has 3 rings (SSSR count). The summed E-state index contributed by atoms with van der Waals surface area (Å²) >= 11 is 0. The summed E-state index contributed by atoms with van der Waals surface area (Å²) in [6.07, 6.45) is 3.48. The Hall–Kier alpha value is -1.67. The molecule has 3 amide bonds. The van der Waals surface area contributed by atoms with E-state index in [2.05, 4.69) is 17.6 Å². The van der Waals surface area contributed by atoms with Crippen molar-refractivity contribution in [1.82, 2.24) is 15.5 Å². The van der Waals surface area contributed by atoms with E-state index in [0.717, 1.165) is 19.3 Å². The zero-order valence-corrected chi connectivity index (χ0v) is 17.3. The first-order valence-corrected chi connectivity index (χ1v) is 10.4. The quantitative estimate of drug-likeness (QED) is 0.503. The molecule has 158 valence electrons. The SMILES string of the molecule is CCCCCNC(=O)C1N(CCO)C(=O)[C@@H]2[C@H](C(=O)NC)[C@@]3(C)OC12CC3C. The first kappa shape index (κ1) is 21.0. The number of rotatable bonds is 8. The number of β-amino-alcohol motifs (C(OH)–C–C–N with tert-alkyl or cyclic N) is 1. The van der Waals surface area contributed by atoms with Gasteiger partial charge >= 0.3 is 0 Å². The van der Waals surface area contributed by atoms with Crippen LogP contribution in [0.2, 0.25) is 0 Å². The lowest BCUT2D eigenvalue weighted by Gasteiger charge is -2.36. The van der Waals surface area contributed by atoms with Gasteiger partial charge in [0.05, 0.1) is 24.0 Å². The van der Waals surface area contributed by atoms with Crippen LogP contribution in [-0.4, -0.2) is 71.7 Å². The van der Waals surface area contributed by atoms with Gasteiger partial charge in [0.25, 0.3) is 0 Å². The van der Waals surface area contributed by atoms with Crippen molar-refractivity contribution in [2.45, 2.75) is 63.7 Å². The maximum Gasteiger partial charge on any atom is 0.245 e. The molecule has 6 atom stereocenters. The van der Waals surface area contributed by atoms with Crippen molar-refractivity contribution in [3.8, 4) is 0 Å². The summed E-state index contributed by atoms with van der Waals surface area (Å²) in [5.41, 5.74) is -1.81. The van der Waals surface area contributed by atoms with E-state index in [0.29, 0.717) is 13.0 Å². The number of fused-ring (bicyclic) bond motifs is 1. The molecule has 1 spiro atoms. The van der Waals surface area contributed by atoms with Crippen LogP contribution >= 0.6 is 0 Å². The summed E-state index contributed by atoms with van der Waals surface area (Å²) in [7, 11) is 1.55. The van der Waals surface area contributed by atoms with Gasteiger partial charge in [0, 0.05) is 20.1 Å². The molecule has 3 heterocycles. The fourth-order valence-corrected chi connectivity index (χ4v) is 5.63. The molecule has 0 aromatic heterocycles. The number of nitrogens with zero attached hydrogens (tertiary/aromatic N) is 1. The Morgan fingerprint density at radius 1 is 1.32 bits per heavy atom.